The highest BCUT2D eigenvalue weighted by molar-refractivity contribution is 7.91. The maximum atomic E-state index is 12.9. The van der Waals surface area contributed by atoms with Crippen LogP contribution in [0, 0.1) is 6.92 Å². The molecule has 1 atom stereocenters. The molecule has 2 aromatic rings. The Morgan fingerprint density at radius 3 is 2.68 bits per heavy atom. The highest BCUT2D eigenvalue weighted by Crippen LogP contribution is 2.27. The Kier molecular flexibility index (Phi) is 6.25. The third-order valence-electron chi connectivity index (χ3n) is 5.20. The molecule has 28 heavy (non-hydrogen) atoms. The van der Waals surface area contributed by atoms with E-state index in [-0.39, 0.29) is 35.9 Å². The van der Waals surface area contributed by atoms with Gasteiger partial charge in [0.1, 0.15) is 5.76 Å². The Bertz CT molecular complexity index is 920. The van der Waals surface area contributed by atoms with E-state index < -0.39 is 9.84 Å². The Balaban J connectivity index is 1.76. The highest BCUT2D eigenvalue weighted by atomic mass is 32.2. The fourth-order valence-corrected chi connectivity index (χ4v) is 5.45. The zero-order chi connectivity index (χ0) is 20.3. The predicted octanol–water partition coefficient (Wildman–Crippen LogP) is 3.34. The van der Waals surface area contributed by atoms with Crippen molar-refractivity contribution in [1.82, 2.24) is 4.90 Å². The first kappa shape index (κ1) is 20.6. The SMILES string of the molecule is Cc1cccc(C(C)C)c1NC(=O)CN(Cc1ccco1)[C@@H]1CCS(=O)(=O)C1. The van der Waals surface area contributed by atoms with Gasteiger partial charge in [-0.15, -0.1) is 0 Å². The number of hydrogen-bond donors (Lipinski definition) is 1. The maximum Gasteiger partial charge on any atom is 0.238 e. The van der Waals surface area contributed by atoms with Crippen LogP contribution in [0.15, 0.2) is 41.0 Å². The van der Waals surface area contributed by atoms with E-state index in [0.29, 0.717) is 13.0 Å². The zero-order valence-electron chi connectivity index (χ0n) is 16.6. The van der Waals surface area contributed by atoms with Crippen molar-refractivity contribution >= 4 is 21.4 Å². The van der Waals surface area contributed by atoms with E-state index in [0.717, 1.165) is 22.6 Å². The summed E-state index contributed by atoms with van der Waals surface area (Å²) in [4.78, 5) is 14.8. The number of hydrogen-bond acceptors (Lipinski definition) is 5. The number of rotatable bonds is 7. The van der Waals surface area contributed by atoms with E-state index >= 15 is 0 Å². The van der Waals surface area contributed by atoms with E-state index in [1.54, 1.807) is 12.3 Å². The van der Waals surface area contributed by atoms with E-state index in [9.17, 15) is 13.2 Å². The first-order chi connectivity index (χ1) is 13.2. The summed E-state index contributed by atoms with van der Waals surface area (Å²) < 4.78 is 29.3. The van der Waals surface area contributed by atoms with Gasteiger partial charge in [0.25, 0.3) is 0 Å². The molecule has 7 heteroatoms. The molecule has 3 rings (SSSR count). The van der Waals surface area contributed by atoms with Crippen molar-refractivity contribution in [3.8, 4) is 0 Å². The normalized spacial score (nSPS) is 18.7. The molecule has 2 heterocycles. The van der Waals surface area contributed by atoms with Crippen LogP contribution in [0.5, 0.6) is 0 Å². The third-order valence-corrected chi connectivity index (χ3v) is 6.95. The number of nitrogens with zero attached hydrogens (tertiary/aromatic N) is 1. The van der Waals surface area contributed by atoms with Crippen molar-refractivity contribution in [3.05, 3.63) is 53.5 Å². The summed E-state index contributed by atoms with van der Waals surface area (Å²) in [6, 6.07) is 9.45. The van der Waals surface area contributed by atoms with Crippen LogP contribution in [-0.2, 0) is 21.2 Å². The number of nitrogens with one attached hydrogen (secondary N) is 1. The first-order valence-electron chi connectivity index (χ1n) is 9.61. The Morgan fingerprint density at radius 2 is 2.07 bits per heavy atom. The molecule has 152 valence electrons. The van der Waals surface area contributed by atoms with Gasteiger partial charge < -0.3 is 9.73 Å². The van der Waals surface area contributed by atoms with Gasteiger partial charge in [0.2, 0.25) is 5.91 Å². The molecule has 6 nitrogen and oxygen atoms in total. The second-order valence-corrected chi connectivity index (χ2v) is 10.0. The van der Waals surface area contributed by atoms with Crippen LogP contribution in [-0.4, -0.2) is 43.3 Å². The van der Waals surface area contributed by atoms with Crippen molar-refractivity contribution in [3.63, 3.8) is 0 Å². The van der Waals surface area contributed by atoms with Crippen molar-refractivity contribution in [2.24, 2.45) is 0 Å². The van der Waals surface area contributed by atoms with Crippen LogP contribution in [0.2, 0.25) is 0 Å². The van der Waals surface area contributed by atoms with Crippen LogP contribution < -0.4 is 5.32 Å². The lowest BCUT2D eigenvalue weighted by Gasteiger charge is -2.27. The minimum Gasteiger partial charge on any atom is -0.468 e. The van der Waals surface area contributed by atoms with Gasteiger partial charge in [-0.2, -0.15) is 0 Å². The molecule has 1 aromatic carbocycles. The molecule has 1 saturated heterocycles. The van der Waals surface area contributed by atoms with Gasteiger partial charge in [-0.05, 0) is 42.5 Å². The van der Waals surface area contributed by atoms with E-state index in [1.165, 1.54) is 0 Å². The molecule has 1 N–H and O–H groups in total. The number of aryl methyl sites for hydroxylation is 1. The lowest BCUT2D eigenvalue weighted by Crippen LogP contribution is -2.41. The van der Waals surface area contributed by atoms with Crippen molar-refractivity contribution in [2.75, 3.05) is 23.4 Å². The quantitative estimate of drug-likeness (QED) is 0.766. The molecule has 1 aliphatic rings. The molecule has 0 saturated carbocycles. The molecule has 1 amide bonds. The summed E-state index contributed by atoms with van der Waals surface area (Å²) in [6.07, 6.45) is 2.12. The summed E-state index contributed by atoms with van der Waals surface area (Å²) in [5, 5.41) is 3.05. The average molecular weight is 405 g/mol. The lowest BCUT2D eigenvalue weighted by atomic mass is 9.98. The Labute approximate surface area is 166 Å². The number of carbonyl (C=O) groups excluding carboxylic acids is 1. The van der Waals surface area contributed by atoms with Crippen LogP contribution in [0.4, 0.5) is 5.69 Å². The summed E-state index contributed by atoms with van der Waals surface area (Å²) in [6.45, 7) is 6.69. The highest BCUT2D eigenvalue weighted by Gasteiger charge is 2.33. The van der Waals surface area contributed by atoms with Gasteiger partial charge >= 0.3 is 0 Å². The van der Waals surface area contributed by atoms with Crippen LogP contribution in [0.3, 0.4) is 0 Å². The zero-order valence-corrected chi connectivity index (χ0v) is 17.5. The maximum absolute atomic E-state index is 12.9. The van der Waals surface area contributed by atoms with Gasteiger partial charge in [0, 0.05) is 11.7 Å². The second-order valence-electron chi connectivity index (χ2n) is 7.78. The minimum atomic E-state index is -3.04. The molecule has 0 unspecified atom stereocenters. The van der Waals surface area contributed by atoms with E-state index in [1.807, 2.05) is 36.1 Å². The largest absolute Gasteiger partial charge is 0.468 e. The Hall–Kier alpha value is -2.12. The summed E-state index contributed by atoms with van der Waals surface area (Å²) in [7, 11) is -3.04. The van der Waals surface area contributed by atoms with Crippen molar-refractivity contribution in [2.45, 2.75) is 45.7 Å². The first-order valence-corrected chi connectivity index (χ1v) is 11.4. The monoisotopic (exact) mass is 404 g/mol. The smallest absolute Gasteiger partial charge is 0.238 e. The molecule has 0 radical (unpaired) electrons. The molecule has 1 fully saturated rings. The van der Waals surface area contributed by atoms with Gasteiger partial charge in [0.05, 0.1) is 30.9 Å². The third kappa shape index (κ3) is 5.02. The number of amides is 1. The molecular formula is C21H28N2O4S. The van der Waals surface area contributed by atoms with Gasteiger partial charge in [0.15, 0.2) is 9.84 Å². The van der Waals surface area contributed by atoms with Crippen LogP contribution in [0.25, 0.3) is 0 Å². The summed E-state index contributed by atoms with van der Waals surface area (Å²) >= 11 is 0. The minimum absolute atomic E-state index is 0.0859. The fourth-order valence-electron chi connectivity index (χ4n) is 3.69. The summed E-state index contributed by atoms with van der Waals surface area (Å²) in [5.41, 5.74) is 2.95. The van der Waals surface area contributed by atoms with E-state index in [2.05, 4.69) is 19.2 Å². The molecule has 1 aromatic heterocycles. The van der Waals surface area contributed by atoms with E-state index in [4.69, 9.17) is 4.42 Å². The number of sulfone groups is 1. The van der Waals surface area contributed by atoms with Crippen LogP contribution in [0.1, 0.15) is 43.1 Å². The van der Waals surface area contributed by atoms with Gasteiger partial charge in [-0.1, -0.05) is 32.0 Å². The van der Waals surface area contributed by atoms with Crippen molar-refractivity contribution < 1.29 is 17.6 Å². The van der Waals surface area contributed by atoms with Gasteiger partial charge in [-0.25, -0.2) is 8.42 Å². The van der Waals surface area contributed by atoms with Crippen molar-refractivity contribution in [1.29, 1.82) is 0 Å². The fraction of sp³-hybridized carbons (Fsp3) is 0.476. The number of para-hydroxylation sites is 1. The summed E-state index contributed by atoms with van der Waals surface area (Å²) in [5.74, 6) is 1.11. The molecular weight excluding hydrogens is 376 g/mol. The lowest BCUT2D eigenvalue weighted by molar-refractivity contribution is -0.118. The number of furan rings is 1. The number of benzene rings is 1. The average Bonchev–Trinajstić information content (AvgIpc) is 3.25. The predicted molar refractivity (Wildman–Crippen MR) is 110 cm³/mol. The standard InChI is InChI=1S/C21H28N2O4S/c1-15(2)19-8-4-6-16(3)21(19)22-20(24)13-23(12-18-7-5-10-27-18)17-9-11-28(25,26)14-17/h4-8,10,15,17H,9,11-14H2,1-3H3,(H,22,24)/t17-/m1/s1. The van der Waals surface area contributed by atoms with Gasteiger partial charge in [-0.3, -0.25) is 9.69 Å². The number of anilines is 1. The molecule has 0 bridgehead atoms. The molecule has 0 aliphatic carbocycles. The van der Waals surface area contributed by atoms with Crippen LogP contribution >= 0.6 is 0 Å². The topological polar surface area (TPSA) is 79.6 Å². The Morgan fingerprint density at radius 1 is 1.29 bits per heavy atom. The molecule has 1 aliphatic heterocycles. The molecule has 0 spiro atoms. The second kappa shape index (κ2) is 8.49. The number of carbonyl (C=O) groups is 1.